The van der Waals surface area contributed by atoms with Crippen LogP contribution in [-0.2, 0) is 14.4 Å². The summed E-state index contributed by atoms with van der Waals surface area (Å²) >= 11 is 3.19. The van der Waals surface area contributed by atoms with Crippen LogP contribution in [0.25, 0.3) is 0 Å². The second-order valence-corrected chi connectivity index (χ2v) is 16.4. The molecule has 0 aromatic rings. The SMILES string of the molecule is CC(C)CCC[C@@H](C)C1CCC2C3CC=C4CC(ON(C)COC(C)(C)CNC(=O)CBr)CCC4(C)C3CCC21C. The van der Waals surface area contributed by atoms with Crippen molar-refractivity contribution in [2.75, 3.05) is 25.7 Å². The van der Waals surface area contributed by atoms with E-state index < -0.39 is 5.60 Å². The Morgan fingerprint density at radius 3 is 2.59 bits per heavy atom. The van der Waals surface area contributed by atoms with Crippen LogP contribution < -0.4 is 5.32 Å². The van der Waals surface area contributed by atoms with Crippen LogP contribution in [-0.4, -0.2) is 48.3 Å². The molecule has 0 radical (unpaired) electrons. The summed E-state index contributed by atoms with van der Waals surface area (Å²) in [5, 5.41) is 5.05. The number of allylic oxidation sites excluding steroid dienone is 1. The van der Waals surface area contributed by atoms with Crippen molar-refractivity contribution in [3.05, 3.63) is 11.6 Å². The minimum atomic E-state index is -0.456. The third-order valence-corrected chi connectivity index (χ3v) is 12.6. The Labute approximate surface area is 260 Å². The van der Waals surface area contributed by atoms with Crippen molar-refractivity contribution >= 4 is 21.8 Å². The Bertz CT molecular complexity index is 921. The molecule has 3 fully saturated rings. The number of carbonyl (C=O) groups is 1. The molecule has 4 aliphatic carbocycles. The second kappa shape index (κ2) is 13.7. The van der Waals surface area contributed by atoms with Crippen LogP contribution in [0.15, 0.2) is 11.6 Å². The summed E-state index contributed by atoms with van der Waals surface area (Å²) in [4.78, 5) is 18.0. The van der Waals surface area contributed by atoms with Gasteiger partial charge in [0.25, 0.3) is 0 Å². The number of carbonyl (C=O) groups excluding carboxylic acids is 1. The summed E-state index contributed by atoms with van der Waals surface area (Å²) in [6.07, 6.45) is 17.6. The fraction of sp³-hybridized carbons (Fsp3) is 0.914. The Kier molecular flexibility index (Phi) is 11.2. The van der Waals surface area contributed by atoms with Crippen LogP contribution in [0.2, 0.25) is 0 Å². The van der Waals surface area contributed by atoms with E-state index in [0.29, 0.717) is 29.4 Å². The molecule has 41 heavy (non-hydrogen) atoms. The maximum atomic E-state index is 11.6. The summed E-state index contributed by atoms with van der Waals surface area (Å²) in [6.45, 7) is 17.5. The second-order valence-electron chi connectivity index (χ2n) is 15.8. The minimum absolute atomic E-state index is 0.0264. The highest BCUT2D eigenvalue weighted by Crippen LogP contribution is 2.67. The van der Waals surface area contributed by atoms with Crippen LogP contribution in [0.1, 0.15) is 119 Å². The zero-order valence-electron chi connectivity index (χ0n) is 27.6. The predicted octanol–water partition coefficient (Wildman–Crippen LogP) is 8.52. The largest absolute Gasteiger partial charge is 0.356 e. The number of hydroxylamine groups is 2. The normalized spacial score (nSPS) is 36.0. The van der Waals surface area contributed by atoms with Gasteiger partial charge in [0.2, 0.25) is 5.91 Å². The van der Waals surface area contributed by atoms with Gasteiger partial charge < -0.3 is 10.1 Å². The average molecular weight is 638 g/mol. The van der Waals surface area contributed by atoms with Crippen molar-refractivity contribution in [1.29, 1.82) is 0 Å². The van der Waals surface area contributed by atoms with E-state index in [9.17, 15) is 4.79 Å². The molecule has 0 saturated heterocycles. The Morgan fingerprint density at radius 2 is 1.88 bits per heavy atom. The number of amides is 1. The number of fused-ring (bicyclic) bond motifs is 5. The van der Waals surface area contributed by atoms with Gasteiger partial charge in [0, 0.05) is 13.6 Å². The number of hydrogen-bond acceptors (Lipinski definition) is 4. The zero-order valence-corrected chi connectivity index (χ0v) is 29.2. The van der Waals surface area contributed by atoms with Gasteiger partial charge in [-0.05, 0) is 112 Å². The minimum Gasteiger partial charge on any atom is -0.356 e. The van der Waals surface area contributed by atoms with Gasteiger partial charge in [0.15, 0.2) is 0 Å². The van der Waals surface area contributed by atoms with Gasteiger partial charge in [-0.15, -0.1) is 0 Å². The topological polar surface area (TPSA) is 50.8 Å². The number of hydrogen-bond donors (Lipinski definition) is 1. The summed E-state index contributed by atoms with van der Waals surface area (Å²) in [7, 11) is 1.97. The first kappa shape index (κ1) is 33.5. The van der Waals surface area contributed by atoms with Crippen LogP contribution in [0.5, 0.6) is 0 Å². The number of nitrogens with one attached hydrogen (secondary N) is 1. The number of halogens is 1. The summed E-state index contributed by atoms with van der Waals surface area (Å²) in [6, 6.07) is 0. The molecular weight excluding hydrogens is 576 g/mol. The number of nitrogens with zero attached hydrogens (tertiary/aromatic N) is 1. The molecule has 1 amide bonds. The van der Waals surface area contributed by atoms with E-state index in [1.54, 1.807) is 5.57 Å². The van der Waals surface area contributed by atoms with Crippen molar-refractivity contribution in [2.45, 2.75) is 131 Å². The van der Waals surface area contributed by atoms with E-state index in [-0.39, 0.29) is 12.0 Å². The number of alkyl halides is 1. The molecule has 6 heteroatoms. The van der Waals surface area contributed by atoms with Gasteiger partial charge in [-0.3, -0.25) is 9.63 Å². The molecule has 0 heterocycles. The van der Waals surface area contributed by atoms with Crippen LogP contribution >= 0.6 is 15.9 Å². The van der Waals surface area contributed by atoms with E-state index in [1.165, 1.54) is 57.8 Å². The predicted molar refractivity (Wildman–Crippen MR) is 173 cm³/mol. The number of rotatable bonds is 13. The smallest absolute Gasteiger partial charge is 0.230 e. The van der Waals surface area contributed by atoms with Gasteiger partial charge in [-0.25, -0.2) is 0 Å². The molecule has 3 saturated carbocycles. The monoisotopic (exact) mass is 636 g/mol. The van der Waals surface area contributed by atoms with E-state index in [1.807, 2.05) is 26.0 Å². The standard InChI is InChI=1S/C35H61BrN2O3/c1-24(2)10-9-11-25(3)29-14-15-30-28-13-12-26-20-27(16-18-34(26,6)31(28)17-19-35(29,30)7)41-38(8)23-40-33(4,5)22-37-32(39)21-36/h12,24-25,27-31H,9-11,13-23H2,1-8H3,(H,37,39)/t25-,27?,28?,29?,30?,31?,34?,35?/m1/s1. The van der Waals surface area contributed by atoms with Gasteiger partial charge in [0.05, 0.1) is 17.0 Å². The van der Waals surface area contributed by atoms with Gasteiger partial charge in [-0.2, -0.15) is 5.06 Å². The first-order valence-electron chi connectivity index (χ1n) is 16.8. The quantitative estimate of drug-likeness (QED) is 0.0952. The average Bonchev–Trinajstić information content (AvgIpc) is 3.28. The lowest BCUT2D eigenvalue weighted by atomic mass is 9.47. The van der Waals surface area contributed by atoms with E-state index in [4.69, 9.17) is 9.57 Å². The third kappa shape index (κ3) is 7.63. The maximum absolute atomic E-state index is 11.6. The lowest BCUT2D eigenvalue weighted by molar-refractivity contribution is -0.246. The highest BCUT2D eigenvalue weighted by Gasteiger charge is 2.59. The highest BCUT2D eigenvalue weighted by molar-refractivity contribution is 9.09. The van der Waals surface area contributed by atoms with Crippen molar-refractivity contribution in [3.8, 4) is 0 Å². The van der Waals surface area contributed by atoms with Crippen LogP contribution in [0, 0.1) is 46.3 Å². The highest BCUT2D eigenvalue weighted by atomic mass is 79.9. The van der Waals surface area contributed by atoms with Crippen molar-refractivity contribution in [3.63, 3.8) is 0 Å². The van der Waals surface area contributed by atoms with E-state index in [2.05, 4.69) is 61.9 Å². The van der Waals surface area contributed by atoms with Crippen LogP contribution in [0.4, 0.5) is 0 Å². The van der Waals surface area contributed by atoms with E-state index >= 15 is 0 Å². The summed E-state index contributed by atoms with van der Waals surface area (Å²) < 4.78 is 6.09. The molecular formula is C35H61BrN2O3. The van der Waals surface area contributed by atoms with Gasteiger partial charge in [-0.1, -0.05) is 81.5 Å². The molecule has 1 N–H and O–H groups in total. The molecule has 0 aromatic heterocycles. The summed E-state index contributed by atoms with van der Waals surface area (Å²) in [5.41, 5.74) is 2.11. The molecule has 0 spiro atoms. The van der Waals surface area contributed by atoms with E-state index in [0.717, 1.165) is 48.3 Å². The molecule has 4 aliphatic rings. The number of ether oxygens (including phenoxy) is 1. The Balaban J connectivity index is 1.32. The molecule has 4 rings (SSSR count). The molecule has 5 nitrogen and oxygen atoms in total. The molecule has 0 aromatic carbocycles. The van der Waals surface area contributed by atoms with Crippen molar-refractivity contribution < 1.29 is 14.4 Å². The molecule has 8 atom stereocenters. The molecule has 7 unspecified atom stereocenters. The molecule has 236 valence electrons. The molecule has 0 aliphatic heterocycles. The fourth-order valence-corrected chi connectivity index (χ4v) is 9.90. The zero-order chi connectivity index (χ0) is 30.0. The Morgan fingerprint density at radius 1 is 1.12 bits per heavy atom. The maximum Gasteiger partial charge on any atom is 0.230 e. The van der Waals surface area contributed by atoms with Gasteiger partial charge >= 0.3 is 0 Å². The van der Waals surface area contributed by atoms with Crippen molar-refractivity contribution in [2.24, 2.45) is 46.3 Å². The third-order valence-electron chi connectivity index (χ3n) is 12.1. The van der Waals surface area contributed by atoms with Crippen molar-refractivity contribution in [1.82, 2.24) is 10.4 Å². The first-order valence-corrected chi connectivity index (χ1v) is 17.9. The lowest BCUT2D eigenvalue weighted by Gasteiger charge is -2.58. The first-order chi connectivity index (χ1) is 19.3. The molecule has 0 bridgehead atoms. The lowest BCUT2D eigenvalue weighted by Crippen LogP contribution is -2.51. The fourth-order valence-electron chi connectivity index (χ4n) is 9.70. The Hall–Kier alpha value is -0.430. The van der Waals surface area contributed by atoms with Crippen LogP contribution in [0.3, 0.4) is 0 Å². The summed E-state index contributed by atoms with van der Waals surface area (Å²) in [5.74, 6) is 5.22. The van der Waals surface area contributed by atoms with Gasteiger partial charge in [0.1, 0.15) is 6.73 Å².